The van der Waals surface area contributed by atoms with Crippen molar-refractivity contribution >= 4 is 17.0 Å². The maximum absolute atomic E-state index is 12.7. The van der Waals surface area contributed by atoms with Gasteiger partial charge in [0.2, 0.25) is 5.75 Å². The van der Waals surface area contributed by atoms with Gasteiger partial charge in [-0.05, 0) is 39.7 Å². The van der Waals surface area contributed by atoms with E-state index in [9.17, 15) is 15.2 Å². The lowest BCUT2D eigenvalue weighted by molar-refractivity contribution is -0.638. The van der Waals surface area contributed by atoms with Crippen LogP contribution in [0.1, 0.15) is 49.7 Å². The van der Waals surface area contributed by atoms with E-state index in [0.29, 0.717) is 27.1 Å². The molecule has 0 saturated heterocycles. The molecule has 0 bridgehead atoms. The van der Waals surface area contributed by atoms with Crippen molar-refractivity contribution in [3.05, 3.63) is 39.0 Å². The van der Waals surface area contributed by atoms with Crippen molar-refractivity contribution in [3.8, 4) is 5.75 Å². The van der Waals surface area contributed by atoms with E-state index in [1.807, 2.05) is 13.8 Å². The minimum atomic E-state index is -0.677. The molecule has 0 aliphatic carbocycles. The molecule has 2 aromatic rings. The minimum Gasteiger partial charge on any atom is -0.618 e. The highest BCUT2D eigenvalue weighted by Crippen LogP contribution is 2.32. The van der Waals surface area contributed by atoms with Crippen LogP contribution in [0.3, 0.4) is 0 Å². The second-order valence-corrected chi connectivity index (χ2v) is 6.90. The van der Waals surface area contributed by atoms with E-state index in [4.69, 9.17) is 4.74 Å². The third-order valence-electron chi connectivity index (χ3n) is 4.93. The number of ether oxygens (including phenoxy) is 1. The van der Waals surface area contributed by atoms with E-state index in [-0.39, 0.29) is 22.5 Å². The maximum Gasteiger partial charge on any atom is 0.333 e. The lowest BCUT2D eigenvalue weighted by Gasteiger charge is -2.21. The van der Waals surface area contributed by atoms with Crippen molar-refractivity contribution in [1.29, 1.82) is 0 Å². The Morgan fingerprint density at radius 1 is 1.12 bits per heavy atom. The number of rotatable bonds is 3. The largest absolute Gasteiger partial charge is 0.618 e. The van der Waals surface area contributed by atoms with E-state index in [0.717, 1.165) is 5.56 Å². The predicted octanol–water partition coefficient (Wildman–Crippen LogP) is 2.68. The summed E-state index contributed by atoms with van der Waals surface area (Å²) in [5, 5.41) is 25.1. The standard InChI is InChI=1S/C18H24N2O4/c1-8-18(6,7)17(21)24-16-11(3)10(2)9-14-15(16)20(23)13(5)12(4)19(14)22/h9H,8H2,1-7H3. The molecule has 0 N–H and O–H groups in total. The topological polar surface area (TPSA) is 80.2 Å². The molecule has 24 heavy (non-hydrogen) atoms. The molecule has 1 aromatic carbocycles. The SMILES string of the molecule is CCC(C)(C)C(=O)Oc1c(C)c(C)cc2c1[n+]([O-])c(C)c(C)[n+]2[O-]. The minimum absolute atomic E-state index is 0.0939. The Labute approximate surface area is 141 Å². The summed E-state index contributed by atoms with van der Waals surface area (Å²) in [6, 6.07) is 1.65. The molecule has 0 radical (unpaired) electrons. The van der Waals surface area contributed by atoms with Crippen molar-refractivity contribution in [3.63, 3.8) is 0 Å². The van der Waals surface area contributed by atoms with Crippen LogP contribution in [-0.2, 0) is 4.79 Å². The summed E-state index contributed by atoms with van der Waals surface area (Å²) in [5.41, 5.74) is 1.69. The summed E-state index contributed by atoms with van der Waals surface area (Å²) < 4.78 is 7.00. The Kier molecular flexibility index (Phi) is 4.44. The number of carbonyl (C=O) groups is 1. The van der Waals surface area contributed by atoms with Crippen LogP contribution in [0.2, 0.25) is 0 Å². The van der Waals surface area contributed by atoms with Crippen LogP contribution in [-0.4, -0.2) is 5.97 Å². The van der Waals surface area contributed by atoms with Gasteiger partial charge in [0.25, 0.3) is 16.9 Å². The van der Waals surface area contributed by atoms with Gasteiger partial charge in [0.05, 0.1) is 5.41 Å². The maximum atomic E-state index is 12.7. The molecule has 0 unspecified atom stereocenters. The first-order chi connectivity index (χ1) is 11.0. The molecule has 0 atom stereocenters. The van der Waals surface area contributed by atoms with Gasteiger partial charge in [0.15, 0.2) is 0 Å². The van der Waals surface area contributed by atoms with Crippen molar-refractivity contribution < 1.29 is 19.0 Å². The predicted molar refractivity (Wildman–Crippen MR) is 90.5 cm³/mol. The molecule has 6 heteroatoms. The lowest BCUT2D eigenvalue weighted by atomic mass is 9.90. The summed E-state index contributed by atoms with van der Waals surface area (Å²) >= 11 is 0. The van der Waals surface area contributed by atoms with Crippen LogP contribution in [0, 0.1) is 43.5 Å². The van der Waals surface area contributed by atoms with Crippen LogP contribution in [0.5, 0.6) is 5.75 Å². The highest BCUT2D eigenvalue weighted by Gasteiger charge is 2.33. The molecule has 1 heterocycles. The molecule has 0 aliphatic rings. The first-order valence-electron chi connectivity index (χ1n) is 8.01. The molecule has 0 fully saturated rings. The average molecular weight is 332 g/mol. The summed E-state index contributed by atoms with van der Waals surface area (Å²) in [5.74, 6) is -0.255. The number of carbonyl (C=O) groups excluding carboxylic acids is 1. The molecule has 0 spiro atoms. The van der Waals surface area contributed by atoms with Gasteiger partial charge in [-0.3, -0.25) is 4.79 Å². The van der Waals surface area contributed by atoms with Gasteiger partial charge >= 0.3 is 11.5 Å². The van der Waals surface area contributed by atoms with Gasteiger partial charge in [-0.15, -0.1) is 0 Å². The molecule has 0 amide bonds. The first kappa shape index (κ1) is 18.0. The fourth-order valence-electron chi connectivity index (χ4n) is 2.35. The number of hydrogen-bond donors (Lipinski definition) is 0. The Bertz CT molecular complexity index is 841. The van der Waals surface area contributed by atoms with Crippen LogP contribution >= 0.6 is 0 Å². The van der Waals surface area contributed by atoms with Crippen LogP contribution in [0.4, 0.5) is 0 Å². The van der Waals surface area contributed by atoms with E-state index in [1.165, 1.54) is 0 Å². The molecule has 6 nitrogen and oxygen atoms in total. The van der Waals surface area contributed by atoms with Gasteiger partial charge in [0, 0.05) is 25.5 Å². The first-order valence-corrected chi connectivity index (χ1v) is 8.01. The van der Waals surface area contributed by atoms with E-state index < -0.39 is 11.4 Å². The van der Waals surface area contributed by atoms with Crippen molar-refractivity contribution in [1.82, 2.24) is 0 Å². The lowest BCUT2D eigenvalue weighted by Crippen LogP contribution is -2.44. The van der Waals surface area contributed by atoms with Crippen LogP contribution < -0.4 is 14.2 Å². The molecule has 1 aromatic heterocycles. The Morgan fingerprint density at radius 3 is 2.21 bits per heavy atom. The van der Waals surface area contributed by atoms with Gasteiger partial charge < -0.3 is 15.2 Å². The highest BCUT2D eigenvalue weighted by molar-refractivity contribution is 5.85. The monoisotopic (exact) mass is 332 g/mol. The Morgan fingerprint density at radius 2 is 1.67 bits per heavy atom. The van der Waals surface area contributed by atoms with Gasteiger partial charge in [-0.1, -0.05) is 6.92 Å². The number of benzene rings is 1. The number of fused-ring (bicyclic) bond motifs is 1. The molecule has 130 valence electrons. The number of aromatic nitrogens is 2. The number of hydrogen-bond acceptors (Lipinski definition) is 4. The zero-order valence-corrected chi connectivity index (χ0v) is 15.3. The zero-order valence-electron chi connectivity index (χ0n) is 15.3. The second kappa shape index (κ2) is 5.92. The molecule has 0 aliphatic heterocycles. The fourth-order valence-corrected chi connectivity index (χ4v) is 2.35. The third kappa shape index (κ3) is 2.66. The zero-order chi connectivity index (χ0) is 18.4. The second-order valence-electron chi connectivity index (χ2n) is 6.90. The number of aryl methyl sites for hydroxylation is 1. The molecule has 2 rings (SSSR count). The average Bonchev–Trinajstić information content (AvgIpc) is 2.54. The quantitative estimate of drug-likeness (QED) is 0.374. The molecule has 0 saturated carbocycles. The fraction of sp³-hybridized carbons (Fsp3) is 0.500. The Balaban J connectivity index is 2.82. The van der Waals surface area contributed by atoms with E-state index in [1.54, 1.807) is 40.7 Å². The third-order valence-corrected chi connectivity index (χ3v) is 4.93. The van der Waals surface area contributed by atoms with Crippen molar-refractivity contribution in [2.24, 2.45) is 5.41 Å². The van der Waals surface area contributed by atoms with E-state index in [2.05, 4.69) is 0 Å². The van der Waals surface area contributed by atoms with Gasteiger partial charge in [0.1, 0.15) is 0 Å². The molecular formula is C18H24N2O4. The smallest absolute Gasteiger partial charge is 0.333 e. The van der Waals surface area contributed by atoms with Crippen LogP contribution in [0.15, 0.2) is 6.07 Å². The highest BCUT2D eigenvalue weighted by atomic mass is 16.5. The number of esters is 1. The van der Waals surface area contributed by atoms with Crippen LogP contribution in [0.25, 0.3) is 11.0 Å². The Hall–Kier alpha value is -2.37. The number of nitrogens with zero attached hydrogens (tertiary/aromatic N) is 2. The summed E-state index contributed by atoms with van der Waals surface area (Å²) in [6.45, 7) is 12.2. The summed E-state index contributed by atoms with van der Waals surface area (Å²) in [4.78, 5) is 12.5. The van der Waals surface area contributed by atoms with E-state index >= 15 is 0 Å². The van der Waals surface area contributed by atoms with Crippen molar-refractivity contribution in [2.75, 3.05) is 0 Å². The van der Waals surface area contributed by atoms with Gasteiger partial charge in [-0.2, -0.15) is 9.46 Å². The summed E-state index contributed by atoms with van der Waals surface area (Å²) in [6.07, 6.45) is 0.603. The molecular weight excluding hydrogens is 308 g/mol. The van der Waals surface area contributed by atoms with Crippen molar-refractivity contribution in [2.45, 2.75) is 54.9 Å². The van der Waals surface area contributed by atoms with Gasteiger partial charge in [-0.25, -0.2) is 0 Å². The normalized spacial score (nSPS) is 11.8. The summed E-state index contributed by atoms with van der Waals surface area (Å²) in [7, 11) is 0.